The monoisotopic (exact) mass is 409 g/mol. The minimum Gasteiger partial charge on any atom is -0.508 e. The Morgan fingerprint density at radius 1 is 1.10 bits per heavy atom. The molecular weight excluding hydrogens is 397 g/mol. The molecule has 21 heavy (non-hydrogen) atoms. The van der Waals surface area contributed by atoms with Gasteiger partial charge >= 0.3 is 0 Å². The molecule has 2 aromatic carbocycles. The van der Waals surface area contributed by atoms with E-state index in [1.807, 2.05) is 41.0 Å². The predicted octanol–water partition coefficient (Wildman–Crippen LogP) is 3.83. The van der Waals surface area contributed by atoms with Crippen LogP contribution in [0.3, 0.4) is 0 Å². The fourth-order valence-corrected chi connectivity index (χ4v) is 2.72. The summed E-state index contributed by atoms with van der Waals surface area (Å²) in [5.41, 5.74) is 2.05. The molecule has 0 unspecified atom stereocenters. The van der Waals surface area contributed by atoms with Crippen molar-refractivity contribution in [1.82, 2.24) is 14.8 Å². The van der Waals surface area contributed by atoms with Crippen LogP contribution in [0.5, 0.6) is 5.75 Å². The van der Waals surface area contributed by atoms with Crippen LogP contribution in [0.1, 0.15) is 11.4 Å². The highest BCUT2D eigenvalue weighted by Gasteiger charge is 2.09. The summed E-state index contributed by atoms with van der Waals surface area (Å²) in [6.07, 6.45) is 0.638. The molecule has 2 N–H and O–H groups in total. The summed E-state index contributed by atoms with van der Waals surface area (Å²) in [5.74, 6) is 1.10. The van der Waals surface area contributed by atoms with Crippen LogP contribution >= 0.6 is 34.8 Å². The molecule has 1 aromatic heterocycles. The number of phenolic OH excluding ortho intramolecular Hbond substituents is 1. The van der Waals surface area contributed by atoms with Crippen molar-refractivity contribution in [3.05, 3.63) is 68.3 Å². The molecule has 3 aromatic rings. The number of halogens is 1. The van der Waals surface area contributed by atoms with E-state index >= 15 is 0 Å². The van der Waals surface area contributed by atoms with Crippen LogP contribution in [0.25, 0.3) is 5.69 Å². The van der Waals surface area contributed by atoms with Gasteiger partial charge in [-0.1, -0.05) is 12.1 Å². The molecule has 0 aliphatic heterocycles. The van der Waals surface area contributed by atoms with Crippen molar-refractivity contribution in [1.29, 1.82) is 0 Å². The number of nitrogens with one attached hydrogen (secondary N) is 1. The van der Waals surface area contributed by atoms with E-state index in [0.29, 0.717) is 11.2 Å². The van der Waals surface area contributed by atoms with Gasteiger partial charge in [0.05, 0.1) is 0 Å². The van der Waals surface area contributed by atoms with Crippen LogP contribution in [0.4, 0.5) is 0 Å². The van der Waals surface area contributed by atoms with Gasteiger partial charge in [0.15, 0.2) is 4.77 Å². The lowest BCUT2D eigenvalue weighted by Gasteiger charge is -2.07. The number of aromatic nitrogens is 3. The molecule has 1 heterocycles. The molecule has 4 nitrogen and oxygen atoms in total. The minimum absolute atomic E-state index is 0.259. The van der Waals surface area contributed by atoms with E-state index in [-0.39, 0.29) is 5.75 Å². The van der Waals surface area contributed by atoms with E-state index in [9.17, 15) is 5.11 Å². The lowest BCUT2D eigenvalue weighted by atomic mass is 10.1. The Balaban J connectivity index is 1.99. The fourth-order valence-electron chi connectivity index (χ4n) is 2.10. The Hall–Kier alpha value is -1.67. The van der Waals surface area contributed by atoms with Crippen LogP contribution in [-0.2, 0) is 6.42 Å². The van der Waals surface area contributed by atoms with Crippen LogP contribution in [0, 0.1) is 8.34 Å². The van der Waals surface area contributed by atoms with Gasteiger partial charge in [0.25, 0.3) is 0 Å². The van der Waals surface area contributed by atoms with Crippen molar-refractivity contribution in [2.45, 2.75) is 6.42 Å². The molecule has 0 aliphatic rings. The summed E-state index contributed by atoms with van der Waals surface area (Å²) in [5, 5.41) is 16.5. The first-order valence-corrected chi connectivity index (χ1v) is 7.82. The molecule has 6 heteroatoms. The summed E-state index contributed by atoms with van der Waals surface area (Å²) < 4.78 is 3.68. The maximum absolute atomic E-state index is 9.34. The molecule has 3 rings (SSSR count). The summed E-state index contributed by atoms with van der Waals surface area (Å²) >= 11 is 7.60. The van der Waals surface area contributed by atoms with E-state index in [4.69, 9.17) is 12.2 Å². The molecule has 0 amide bonds. The molecular formula is C15H12IN3OS. The zero-order valence-corrected chi connectivity index (χ0v) is 13.9. The average Bonchev–Trinajstić information content (AvgIpc) is 2.83. The van der Waals surface area contributed by atoms with Crippen molar-refractivity contribution in [2.24, 2.45) is 0 Å². The van der Waals surface area contributed by atoms with Gasteiger partial charge in [-0.2, -0.15) is 5.10 Å². The van der Waals surface area contributed by atoms with Gasteiger partial charge in [-0.25, -0.2) is 0 Å². The van der Waals surface area contributed by atoms with Crippen LogP contribution in [0.2, 0.25) is 0 Å². The number of rotatable bonds is 3. The molecule has 106 valence electrons. The number of H-pyrrole nitrogens is 1. The molecule has 0 fully saturated rings. The fraction of sp³-hybridized carbons (Fsp3) is 0.0667. The maximum atomic E-state index is 9.34. The number of phenols is 1. The van der Waals surface area contributed by atoms with E-state index in [1.165, 1.54) is 3.57 Å². The van der Waals surface area contributed by atoms with Crippen molar-refractivity contribution >= 4 is 34.8 Å². The van der Waals surface area contributed by atoms with Crippen molar-refractivity contribution in [3.63, 3.8) is 0 Å². The minimum atomic E-state index is 0.259. The number of hydrogen-bond donors (Lipinski definition) is 2. The molecule has 0 atom stereocenters. The van der Waals surface area contributed by atoms with Crippen molar-refractivity contribution < 1.29 is 5.11 Å². The highest BCUT2D eigenvalue weighted by molar-refractivity contribution is 14.1. The van der Waals surface area contributed by atoms with Gasteiger partial charge in [-0.15, -0.1) is 0 Å². The van der Waals surface area contributed by atoms with Gasteiger partial charge in [-0.05, 0) is 76.8 Å². The van der Waals surface area contributed by atoms with Crippen molar-refractivity contribution in [2.75, 3.05) is 0 Å². The first kappa shape index (κ1) is 14.3. The molecule has 0 saturated carbocycles. The second kappa shape index (κ2) is 5.98. The Kier molecular flexibility index (Phi) is 4.07. The lowest BCUT2D eigenvalue weighted by Crippen LogP contribution is -2.02. The van der Waals surface area contributed by atoms with Gasteiger partial charge in [0, 0.05) is 15.7 Å². The van der Waals surface area contributed by atoms with Crippen LogP contribution in [0.15, 0.2) is 48.5 Å². The number of nitrogens with zero attached hydrogens (tertiary/aromatic N) is 2. The summed E-state index contributed by atoms with van der Waals surface area (Å²) in [4.78, 5) is 0. The molecule has 0 aliphatic carbocycles. The topological polar surface area (TPSA) is 53.8 Å². The van der Waals surface area contributed by atoms with E-state index < -0.39 is 0 Å². The van der Waals surface area contributed by atoms with Gasteiger partial charge < -0.3 is 5.11 Å². The molecule has 0 radical (unpaired) electrons. The largest absolute Gasteiger partial charge is 0.508 e. The summed E-state index contributed by atoms with van der Waals surface area (Å²) in [6.45, 7) is 0. The Labute approximate surface area is 140 Å². The first-order valence-electron chi connectivity index (χ1n) is 6.33. The first-order chi connectivity index (χ1) is 10.1. The maximum Gasteiger partial charge on any atom is 0.199 e. The second-order valence-electron chi connectivity index (χ2n) is 4.60. The van der Waals surface area contributed by atoms with E-state index in [2.05, 4.69) is 32.8 Å². The lowest BCUT2D eigenvalue weighted by molar-refractivity contribution is 0.475. The number of aromatic amines is 1. The summed E-state index contributed by atoms with van der Waals surface area (Å²) in [7, 11) is 0. The normalized spacial score (nSPS) is 10.7. The summed E-state index contributed by atoms with van der Waals surface area (Å²) in [6, 6.07) is 15.2. The standard InChI is InChI=1S/C15H12IN3OS/c16-11-3-5-12(6-4-11)19-14(17-18-15(19)21)9-10-1-7-13(20)8-2-10/h1-8,20H,9H2,(H,18,21). The second-order valence-corrected chi connectivity index (χ2v) is 6.23. The average molecular weight is 409 g/mol. The molecule has 0 saturated heterocycles. The molecule has 0 bridgehead atoms. The molecule has 0 spiro atoms. The zero-order valence-electron chi connectivity index (χ0n) is 11.0. The quantitative estimate of drug-likeness (QED) is 0.511. The SMILES string of the molecule is Oc1ccc(Cc2n[nH]c(=S)n2-c2ccc(I)cc2)cc1. The highest BCUT2D eigenvalue weighted by atomic mass is 127. The zero-order chi connectivity index (χ0) is 14.8. The van der Waals surface area contributed by atoms with E-state index in [1.54, 1.807) is 12.1 Å². The van der Waals surface area contributed by atoms with Crippen LogP contribution in [-0.4, -0.2) is 19.9 Å². The van der Waals surface area contributed by atoms with Gasteiger partial charge in [0.1, 0.15) is 11.6 Å². The third-order valence-electron chi connectivity index (χ3n) is 3.13. The Bertz CT molecular complexity index is 806. The van der Waals surface area contributed by atoms with Crippen molar-refractivity contribution in [3.8, 4) is 11.4 Å². The number of aromatic hydroxyl groups is 1. The predicted molar refractivity (Wildman–Crippen MR) is 92.4 cm³/mol. The third-order valence-corrected chi connectivity index (χ3v) is 4.12. The van der Waals surface area contributed by atoms with E-state index in [0.717, 1.165) is 17.1 Å². The highest BCUT2D eigenvalue weighted by Crippen LogP contribution is 2.17. The van der Waals surface area contributed by atoms with Gasteiger partial charge in [-0.3, -0.25) is 9.67 Å². The Morgan fingerprint density at radius 3 is 2.43 bits per heavy atom. The Morgan fingerprint density at radius 2 is 1.76 bits per heavy atom. The smallest absolute Gasteiger partial charge is 0.199 e. The number of hydrogen-bond acceptors (Lipinski definition) is 3. The third kappa shape index (κ3) is 3.16. The van der Waals surface area contributed by atoms with Crippen LogP contribution < -0.4 is 0 Å². The number of benzene rings is 2. The van der Waals surface area contributed by atoms with Gasteiger partial charge in [0.2, 0.25) is 0 Å².